The van der Waals surface area contributed by atoms with Crippen molar-refractivity contribution in [2.75, 3.05) is 19.5 Å². The summed E-state index contributed by atoms with van der Waals surface area (Å²) in [5, 5.41) is 3.14. The Morgan fingerprint density at radius 2 is 1.91 bits per heavy atom. The monoisotopic (exact) mass is 354 g/mol. The van der Waals surface area contributed by atoms with E-state index in [1.165, 1.54) is 32.4 Å². The molecule has 0 aliphatic rings. The van der Waals surface area contributed by atoms with Crippen molar-refractivity contribution >= 4 is 33.2 Å². The molecule has 0 atom stereocenters. The number of hydrogen-bond acceptors (Lipinski definition) is 4. The molecule has 0 saturated heterocycles. The molecule has 8 heteroatoms. The standard InChI is InChI=1S/C15H15ClN2O4S/c1-17-23(20,21)14-8-10(6-7-13(14)22-2)15(19)18-12-5-3-4-11(16)9-12/h3-9,17H,1-2H3,(H,18,19). The molecule has 0 unspecified atom stereocenters. The van der Waals surface area contributed by atoms with Crippen LogP contribution < -0.4 is 14.8 Å². The van der Waals surface area contributed by atoms with Gasteiger partial charge in [-0.3, -0.25) is 4.79 Å². The van der Waals surface area contributed by atoms with Crippen LogP contribution in [0.3, 0.4) is 0 Å². The van der Waals surface area contributed by atoms with Gasteiger partial charge in [-0.1, -0.05) is 17.7 Å². The molecule has 0 fully saturated rings. The Labute approximate surface area is 139 Å². The van der Waals surface area contributed by atoms with Gasteiger partial charge in [-0.15, -0.1) is 0 Å². The Kier molecular flexibility index (Phi) is 5.25. The van der Waals surface area contributed by atoms with Gasteiger partial charge in [0.05, 0.1) is 7.11 Å². The van der Waals surface area contributed by atoms with E-state index in [4.69, 9.17) is 16.3 Å². The Morgan fingerprint density at radius 3 is 2.52 bits per heavy atom. The SMILES string of the molecule is CNS(=O)(=O)c1cc(C(=O)Nc2cccc(Cl)c2)ccc1OC. The van der Waals surface area contributed by atoms with Crippen molar-refractivity contribution in [1.82, 2.24) is 4.72 Å². The molecule has 0 spiro atoms. The Bertz CT molecular complexity index is 837. The van der Waals surface area contributed by atoms with E-state index >= 15 is 0 Å². The van der Waals surface area contributed by atoms with E-state index in [1.807, 2.05) is 0 Å². The van der Waals surface area contributed by atoms with Crippen LogP contribution in [0.2, 0.25) is 5.02 Å². The first-order valence-electron chi connectivity index (χ1n) is 6.56. The number of hydrogen-bond donors (Lipinski definition) is 2. The molecule has 2 N–H and O–H groups in total. The van der Waals surface area contributed by atoms with Gasteiger partial charge in [0.25, 0.3) is 5.91 Å². The predicted octanol–water partition coefficient (Wildman–Crippen LogP) is 2.51. The summed E-state index contributed by atoms with van der Waals surface area (Å²) in [6, 6.07) is 10.8. The summed E-state index contributed by atoms with van der Waals surface area (Å²) in [6.07, 6.45) is 0. The number of ether oxygens (including phenoxy) is 1. The van der Waals surface area contributed by atoms with Gasteiger partial charge >= 0.3 is 0 Å². The fourth-order valence-electron chi connectivity index (χ4n) is 1.91. The third-order valence-electron chi connectivity index (χ3n) is 3.07. The molecule has 0 heterocycles. The largest absolute Gasteiger partial charge is 0.495 e. The van der Waals surface area contributed by atoms with Crippen LogP contribution in [0.15, 0.2) is 47.4 Å². The van der Waals surface area contributed by atoms with Crippen molar-refractivity contribution in [1.29, 1.82) is 0 Å². The highest BCUT2D eigenvalue weighted by Gasteiger charge is 2.20. The van der Waals surface area contributed by atoms with Crippen LogP contribution in [-0.2, 0) is 10.0 Å². The maximum Gasteiger partial charge on any atom is 0.255 e. The van der Waals surface area contributed by atoms with Crippen molar-refractivity contribution in [3.8, 4) is 5.75 Å². The molecule has 0 aliphatic carbocycles. The number of carbonyl (C=O) groups excluding carboxylic acids is 1. The highest BCUT2D eigenvalue weighted by molar-refractivity contribution is 7.89. The Hall–Kier alpha value is -2.09. The second kappa shape index (κ2) is 6.99. The smallest absolute Gasteiger partial charge is 0.255 e. The van der Waals surface area contributed by atoms with Crippen LogP contribution >= 0.6 is 11.6 Å². The predicted molar refractivity (Wildman–Crippen MR) is 88.6 cm³/mol. The van der Waals surface area contributed by atoms with Crippen LogP contribution in [0.4, 0.5) is 5.69 Å². The van der Waals surface area contributed by atoms with Crippen LogP contribution in [-0.4, -0.2) is 28.5 Å². The molecule has 2 aromatic rings. The van der Waals surface area contributed by atoms with E-state index < -0.39 is 15.9 Å². The first-order chi connectivity index (χ1) is 10.9. The van der Waals surface area contributed by atoms with Crippen molar-refractivity contribution in [3.05, 3.63) is 53.1 Å². The summed E-state index contributed by atoms with van der Waals surface area (Å²) in [6.45, 7) is 0. The molecule has 2 rings (SSSR count). The second-order valence-electron chi connectivity index (χ2n) is 4.54. The van der Waals surface area contributed by atoms with E-state index in [2.05, 4.69) is 10.0 Å². The first-order valence-corrected chi connectivity index (χ1v) is 8.42. The quantitative estimate of drug-likeness (QED) is 0.864. The molecule has 6 nitrogen and oxygen atoms in total. The molecular formula is C15H15ClN2O4S. The third-order valence-corrected chi connectivity index (χ3v) is 4.74. The van der Waals surface area contributed by atoms with Crippen molar-refractivity contribution in [2.24, 2.45) is 0 Å². The number of rotatable bonds is 5. The maximum absolute atomic E-state index is 12.3. The number of anilines is 1. The van der Waals surface area contributed by atoms with Crippen LogP contribution in [0, 0.1) is 0 Å². The molecule has 0 bridgehead atoms. The summed E-state index contributed by atoms with van der Waals surface area (Å²) in [5.74, 6) is -0.305. The van der Waals surface area contributed by atoms with Crippen LogP contribution in [0.1, 0.15) is 10.4 Å². The summed E-state index contributed by atoms with van der Waals surface area (Å²) < 4.78 is 31.3. The zero-order valence-corrected chi connectivity index (χ0v) is 14.0. The van der Waals surface area contributed by atoms with E-state index in [0.29, 0.717) is 10.7 Å². The molecule has 0 aliphatic heterocycles. The second-order valence-corrected chi connectivity index (χ2v) is 6.83. The van der Waals surface area contributed by atoms with Crippen LogP contribution in [0.25, 0.3) is 0 Å². The lowest BCUT2D eigenvalue weighted by Crippen LogP contribution is -2.20. The van der Waals surface area contributed by atoms with Gasteiger partial charge in [0.2, 0.25) is 10.0 Å². The Balaban J connectivity index is 2.36. The fourth-order valence-corrected chi connectivity index (χ4v) is 3.02. The maximum atomic E-state index is 12.3. The number of carbonyl (C=O) groups is 1. The molecule has 0 saturated carbocycles. The number of methoxy groups -OCH3 is 1. The lowest BCUT2D eigenvalue weighted by molar-refractivity contribution is 0.102. The van der Waals surface area contributed by atoms with Gasteiger partial charge in [0, 0.05) is 16.3 Å². The number of halogens is 1. The third kappa shape index (κ3) is 4.01. The molecule has 122 valence electrons. The molecular weight excluding hydrogens is 340 g/mol. The number of sulfonamides is 1. The van der Waals surface area contributed by atoms with Crippen molar-refractivity contribution in [2.45, 2.75) is 4.90 Å². The molecule has 2 aromatic carbocycles. The van der Waals surface area contributed by atoms with Crippen LogP contribution in [0.5, 0.6) is 5.75 Å². The molecule has 0 aromatic heterocycles. The molecule has 0 radical (unpaired) electrons. The van der Waals surface area contributed by atoms with Crippen molar-refractivity contribution in [3.63, 3.8) is 0 Å². The van der Waals surface area contributed by atoms with E-state index in [1.54, 1.807) is 24.3 Å². The number of nitrogens with one attached hydrogen (secondary N) is 2. The average molecular weight is 355 g/mol. The Morgan fingerprint density at radius 1 is 1.17 bits per heavy atom. The number of benzene rings is 2. The highest BCUT2D eigenvalue weighted by Crippen LogP contribution is 2.25. The summed E-state index contributed by atoms with van der Waals surface area (Å²) in [5.41, 5.74) is 0.691. The van der Waals surface area contributed by atoms with E-state index in [9.17, 15) is 13.2 Å². The lowest BCUT2D eigenvalue weighted by Gasteiger charge is -2.11. The van der Waals surface area contributed by atoms with E-state index in [-0.39, 0.29) is 16.2 Å². The first kappa shape index (κ1) is 17.3. The zero-order chi connectivity index (χ0) is 17.0. The van der Waals surface area contributed by atoms with Gasteiger partial charge in [-0.25, -0.2) is 13.1 Å². The average Bonchev–Trinajstić information content (AvgIpc) is 2.54. The van der Waals surface area contributed by atoms with Crippen molar-refractivity contribution < 1.29 is 17.9 Å². The topological polar surface area (TPSA) is 84.5 Å². The minimum atomic E-state index is -3.75. The number of amides is 1. The zero-order valence-electron chi connectivity index (χ0n) is 12.5. The van der Waals surface area contributed by atoms with Gasteiger partial charge in [0.15, 0.2) is 0 Å². The van der Waals surface area contributed by atoms with E-state index in [0.717, 1.165) is 0 Å². The van der Waals surface area contributed by atoms with Gasteiger partial charge in [0.1, 0.15) is 10.6 Å². The van der Waals surface area contributed by atoms with Gasteiger partial charge in [-0.2, -0.15) is 0 Å². The summed E-state index contributed by atoms with van der Waals surface area (Å²) >= 11 is 5.86. The highest BCUT2D eigenvalue weighted by atomic mass is 35.5. The molecule has 23 heavy (non-hydrogen) atoms. The summed E-state index contributed by atoms with van der Waals surface area (Å²) in [4.78, 5) is 12.2. The minimum absolute atomic E-state index is 0.110. The lowest BCUT2D eigenvalue weighted by atomic mass is 10.2. The van der Waals surface area contributed by atoms with Gasteiger partial charge < -0.3 is 10.1 Å². The normalized spacial score (nSPS) is 11.1. The van der Waals surface area contributed by atoms with Gasteiger partial charge in [-0.05, 0) is 43.4 Å². The molecule has 1 amide bonds. The minimum Gasteiger partial charge on any atom is -0.495 e. The summed E-state index contributed by atoms with van der Waals surface area (Å²) in [7, 11) is -1.11. The fraction of sp³-hybridized carbons (Fsp3) is 0.133.